The molecule has 20 heavy (non-hydrogen) atoms. The Labute approximate surface area is 118 Å². The quantitative estimate of drug-likeness (QED) is 0.501. The van der Waals surface area contributed by atoms with E-state index in [2.05, 4.69) is 4.98 Å². The third-order valence-corrected chi connectivity index (χ3v) is 4.01. The van der Waals surface area contributed by atoms with Crippen molar-refractivity contribution in [2.45, 2.75) is 24.0 Å². The zero-order valence-electron chi connectivity index (χ0n) is 10.7. The fourth-order valence-corrected chi connectivity index (χ4v) is 3.05. The summed E-state index contributed by atoms with van der Waals surface area (Å²) in [5.74, 6) is 0.0981. The largest absolute Gasteiger partial charge is 0.394 e. The van der Waals surface area contributed by atoms with E-state index in [-0.39, 0.29) is 5.75 Å². The summed E-state index contributed by atoms with van der Waals surface area (Å²) in [6, 6.07) is 1.11. The molecule has 2 rings (SSSR count). The molecule has 1 aromatic rings. The molecular formula is C11H16N2O6S. The SMILES string of the molecule is CSC[C@@]1(O)[C@H](O)[C@@H](CO)O[C@H]1n1ccc(=O)[nH]c1=O. The molecule has 0 radical (unpaired) electrons. The van der Waals surface area contributed by atoms with Crippen LogP contribution < -0.4 is 11.2 Å². The maximum absolute atomic E-state index is 11.8. The van der Waals surface area contributed by atoms with Gasteiger partial charge >= 0.3 is 5.69 Å². The number of thioether (sulfide) groups is 1. The highest BCUT2D eigenvalue weighted by Crippen LogP contribution is 2.39. The van der Waals surface area contributed by atoms with Crippen LogP contribution >= 0.6 is 11.8 Å². The van der Waals surface area contributed by atoms with Gasteiger partial charge in [-0.2, -0.15) is 11.8 Å². The van der Waals surface area contributed by atoms with Gasteiger partial charge in [-0.15, -0.1) is 0 Å². The van der Waals surface area contributed by atoms with Gasteiger partial charge in [0.05, 0.1) is 6.61 Å². The standard InChI is InChI=1S/C11H16N2O6S/c1-20-5-11(18)8(16)6(4-14)19-9(11)13-3-2-7(15)12-10(13)17/h2-3,6,8-9,14,16,18H,4-5H2,1H3,(H,12,15,17)/t6-,8-,9-,11-/m1/s1. The molecule has 0 saturated carbocycles. The smallest absolute Gasteiger partial charge is 0.330 e. The predicted octanol–water partition coefficient (Wildman–Crippen LogP) is -2.12. The van der Waals surface area contributed by atoms with Crippen LogP contribution in [0.15, 0.2) is 21.9 Å². The van der Waals surface area contributed by atoms with E-state index in [4.69, 9.17) is 9.84 Å². The van der Waals surface area contributed by atoms with Gasteiger partial charge in [-0.1, -0.05) is 0 Å². The molecule has 112 valence electrons. The third-order valence-electron chi connectivity index (χ3n) is 3.25. The Morgan fingerprint density at radius 3 is 2.80 bits per heavy atom. The second-order valence-corrected chi connectivity index (χ2v) is 5.46. The average molecular weight is 304 g/mol. The number of aromatic amines is 1. The Hall–Kier alpha value is -1.13. The second-order valence-electron chi connectivity index (χ2n) is 4.60. The topological polar surface area (TPSA) is 125 Å². The van der Waals surface area contributed by atoms with E-state index in [1.807, 2.05) is 0 Å². The molecule has 4 N–H and O–H groups in total. The van der Waals surface area contributed by atoms with E-state index < -0.39 is 41.9 Å². The molecule has 4 atom stereocenters. The molecule has 0 unspecified atom stereocenters. The first-order chi connectivity index (χ1) is 9.43. The molecule has 0 amide bonds. The Morgan fingerprint density at radius 2 is 2.25 bits per heavy atom. The van der Waals surface area contributed by atoms with Gasteiger partial charge in [0.2, 0.25) is 0 Å². The summed E-state index contributed by atoms with van der Waals surface area (Å²) in [5.41, 5.74) is -3.07. The second kappa shape index (κ2) is 5.70. The van der Waals surface area contributed by atoms with Crippen molar-refractivity contribution >= 4 is 11.8 Å². The number of aliphatic hydroxyl groups excluding tert-OH is 2. The number of rotatable bonds is 4. The Bertz CT molecular complexity index is 587. The zero-order valence-corrected chi connectivity index (χ0v) is 11.5. The van der Waals surface area contributed by atoms with Crippen molar-refractivity contribution in [3.05, 3.63) is 33.1 Å². The number of nitrogens with zero attached hydrogens (tertiary/aromatic N) is 1. The van der Waals surface area contributed by atoms with Crippen LogP contribution in [-0.4, -0.2) is 61.3 Å². The van der Waals surface area contributed by atoms with E-state index in [9.17, 15) is 19.8 Å². The van der Waals surface area contributed by atoms with Crippen LogP contribution in [0.25, 0.3) is 0 Å². The first kappa shape index (κ1) is 15.3. The first-order valence-electron chi connectivity index (χ1n) is 5.91. The number of nitrogens with one attached hydrogen (secondary N) is 1. The summed E-state index contributed by atoms with van der Waals surface area (Å²) in [5, 5.41) is 29.9. The molecule has 1 aliphatic heterocycles. The lowest BCUT2D eigenvalue weighted by Crippen LogP contribution is -2.51. The maximum Gasteiger partial charge on any atom is 0.330 e. The van der Waals surface area contributed by atoms with Gasteiger partial charge in [0.1, 0.15) is 17.8 Å². The van der Waals surface area contributed by atoms with Crippen molar-refractivity contribution in [1.82, 2.24) is 9.55 Å². The highest BCUT2D eigenvalue weighted by Gasteiger charge is 2.55. The van der Waals surface area contributed by atoms with Crippen molar-refractivity contribution in [3.8, 4) is 0 Å². The lowest BCUT2D eigenvalue weighted by Gasteiger charge is -2.30. The minimum absolute atomic E-state index is 0.0981. The zero-order chi connectivity index (χ0) is 14.9. The van der Waals surface area contributed by atoms with Gasteiger partial charge in [0.25, 0.3) is 5.56 Å². The van der Waals surface area contributed by atoms with Gasteiger partial charge in [0.15, 0.2) is 6.23 Å². The summed E-state index contributed by atoms with van der Waals surface area (Å²) in [7, 11) is 0. The van der Waals surface area contributed by atoms with Crippen LogP contribution in [-0.2, 0) is 4.74 Å². The molecule has 0 aromatic carbocycles. The summed E-state index contributed by atoms with van der Waals surface area (Å²) in [4.78, 5) is 24.9. The fourth-order valence-electron chi connectivity index (χ4n) is 2.27. The van der Waals surface area contributed by atoms with Crippen LogP contribution in [0.5, 0.6) is 0 Å². The summed E-state index contributed by atoms with van der Waals surface area (Å²) < 4.78 is 6.37. The summed E-state index contributed by atoms with van der Waals surface area (Å²) >= 11 is 1.26. The lowest BCUT2D eigenvalue weighted by atomic mass is 9.96. The molecule has 2 heterocycles. The minimum Gasteiger partial charge on any atom is -0.394 e. The first-order valence-corrected chi connectivity index (χ1v) is 7.30. The number of aromatic nitrogens is 2. The van der Waals surface area contributed by atoms with Crippen molar-refractivity contribution < 1.29 is 20.1 Å². The van der Waals surface area contributed by atoms with Crippen molar-refractivity contribution in [2.75, 3.05) is 18.6 Å². The normalized spacial score (nSPS) is 33.5. The van der Waals surface area contributed by atoms with Gasteiger partial charge in [0, 0.05) is 18.0 Å². The van der Waals surface area contributed by atoms with Crippen LogP contribution in [0, 0.1) is 0 Å². The minimum atomic E-state index is -1.74. The van der Waals surface area contributed by atoms with E-state index >= 15 is 0 Å². The monoisotopic (exact) mass is 304 g/mol. The van der Waals surface area contributed by atoms with E-state index in [0.29, 0.717) is 0 Å². The number of hydrogen-bond donors (Lipinski definition) is 4. The molecule has 0 aliphatic carbocycles. The number of aliphatic hydroxyl groups is 3. The third kappa shape index (κ3) is 2.42. The van der Waals surface area contributed by atoms with E-state index in [0.717, 1.165) is 10.6 Å². The van der Waals surface area contributed by atoms with Crippen molar-refractivity contribution in [3.63, 3.8) is 0 Å². The van der Waals surface area contributed by atoms with Gasteiger partial charge in [-0.3, -0.25) is 14.3 Å². The molecule has 1 fully saturated rings. The molecule has 1 saturated heterocycles. The average Bonchev–Trinajstić information content (AvgIpc) is 2.63. The van der Waals surface area contributed by atoms with Gasteiger partial charge in [-0.25, -0.2) is 4.79 Å². The maximum atomic E-state index is 11.8. The molecular weight excluding hydrogens is 288 g/mol. The van der Waals surface area contributed by atoms with E-state index in [1.165, 1.54) is 18.0 Å². The molecule has 0 spiro atoms. The molecule has 0 bridgehead atoms. The lowest BCUT2D eigenvalue weighted by molar-refractivity contribution is -0.0956. The van der Waals surface area contributed by atoms with Crippen LogP contribution in [0.2, 0.25) is 0 Å². The van der Waals surface area contributed by atoms with Crippen LogP contribution in [0.1, 0.15) is 6.23 Å². The van der Waals surface area contributed by atoms with Crippen LogP contribution in [0.4, 0.5) is 0 Å². The predicted molar refractivity (Wildman–Crippen MR) is 71.7 cm³/mol. The Balaban J connectivity index is 2.47. The number of hydrogen-bond acceptors (Lipinski definition) is 7. The van der Waals surface area contributed by atoms with E-state index in [1.54, 1.807) is 6.26 Å². The molecule has 1 aromatic heterocycles. The molecule has 8 nitrogen and oxygen atoms in total. The van der Waals surface area contributed by atoms with Gasteiger partial charge < -0.3 is 20.1 Å². The molecule has 1 aliphatic rings. The summed E-state index contributed by atoms with van der Waals surface area (Å²) in [6.07, 6.45) is -0.626. The fraction of sp³-hybridized carbons (Fsp3) is 0.636. The number of ether oxygens (including phenoxy) is 1. The Morgan fingerprint density at radius 1 is 1.55 bits per heavy atom. The highest BCUT2D eigenvalue weighted by atomic mass is 32.2. The van der Waals surface area contributed by atoms with Gasteiger partial charge in [-0.05, 0) is 6.26 Å². The molecule has 9 heteroatoms. The highest BCUT2D eigenvalue weighted by molar-refractivity contribution is 7.98. The van der Waals surface area contributed by atoms with Crippen molar-refractivity contribution in [1.29, 1.82) is 0 Å². The Kier molecular flexibility index (Phi) is 4.35. The summed E-state index contributed by atoms with van der Waals surface area (Å²) in [6.45, 7) is -0.494. The number of H-pyrrole nitrogens is 1. The van der Waals surface area contributed by atoms with Crippen molar-refractivity contribution in [2.24, 2.45) is 0 Å². The van der Waals surface area contributed by atoms with Crippen LogP contribution in [0.3, 0.4) is 0 Å².